The van der Waals surface area contributed by atoms with Crippen LogP contribution in [0.5, 0.6) is 5.75 Å². The second kappa shape index (κ2) is 14.4. The summed E-state index contributed by atoms with van der Waals surface area (Å²) in [5.74, 6) is -0.270. The molecule has 35 heavy (non-hydrogen) atoms. The standard InChI is InChI=1S/C28H38N2O5/c1-2-34-26(27(31)32)21-23-14-16-25(17-15-23)35-20-19-30(28(33)29-24-12-6-7-13-24)18-8-11-22-9-4-3-5-10-22/h3-5,9-10,14-17,24,26H,2,6-8,11-13,18-21H2,1H3,(H,29,33)(H,31,32). The lowest BCUT2D eigenvalue weighted by molar-refractivity contribution is -0.149. The molecule has 2 N–H and O–H groups in total. The normalized spacial score (nSPS) is 14.4. The van der Waals surface area contributed by atoms with Crippen LogP contribution in [0.1, 0.15) is 50.2 Å². The van der Waals surface area contributed by atoms with Gasteiger partial charge in [0.25, 0.3) is 0 Å². The van der Waals surface area contributed by atoms with Crippen molar-refractivity contribution in [3.8, 4) is 5.75 Å². The van der Waals surface area contributed by atoms with E-state index in [1.807, 2.05) is 47.4 Å². The Kier molecular flexibility index (Phi) is 10.9. The molecule has 0 heterocycles. The van der Waals surface area contributed by atoms with E-state index in [4.69, 9.17) is 9.47 Å². The maximum atomic E-state index is 12.9. The molecule has 1 aliphatic rings. The van der Waals surface area contributed by atoms with Gasteiger partial charge in [-0.1, -0.05) is 55.3 Å². The molecule has 2 aromatic carbocycles. The lowest BCUT2D eigenvalue weighted by atomic mass is 10.1. The number of rotatable bonds is 14. The summed E-state index contributed by atoms with van der Waals surface area (Å²) in [7, 11) is 0. The van der Waals surface area contributed by atoms with Crippen molar-refractivity contribution in [3.05, 3.63) is 65.7 Å². The zero-order valence-corrected chi connectivity index (χ0v) is 20.7. The number of carbonyl (C=O) groups is 2. The molecule has 1 saturated carbocycles. The van der Waals surface area contributed by atoms with Gasteiger partial charge in [0.15, 0.2) is 6.10 Å². The topological polar surface area (TPSA) is 88.1 Å². The predicted octanol–water partition coefficient (Wildman–Crippen LogP) is 4.68. The number of carbonyl (C=O) groups excluding carboxylic acids is 1. The van der Waals surface area contributed by atoms with Crippen molar-refractivity contribution in [2.75, 3.05) is 26.3 Å². The second-order valence-corrected chi connectivity index (χ2v) is 8.99. The molecule has 2 amide bonds. The Balaban J connectivity index is 1.49. The third-order valence-corrected chi connectivity index (χ3v) is 6.32. The van der Waals surface area contributed by atoms with Crippen LogP contribution in [-0.2, 0) is 22.4 Å². The molecule has 1 fully saturated rings. The van der Waals surface area contributed by atoms with Crippen molar-refractivity contribution in [3.63, 3.8) is 0 Å². The van der Waals surface area contributed by atoms with Crippen LogP contribution in [0.2, 0.25) is 0 Å². The number of nitrogens with one attached hydrogen (secondary N) is 1. The smallest absolute Gasteiger partial charge is 0.333 e. The molecule has 3 rings (SSSR count). The van der Waals surface area contributed by atoms with Gasteiger partial charge in [-0.3, -0.25) is 0 Å². The predicted molar refractivity (Wildman–Crippen MR) is 136 cm³/mol. The van der Waals surface area contributed by atoms with Crippen molar-refractivity contribution >= 4 is 12.0 Å². The summed E-state index contributed by atoms with van der Waals surface area (Å²) in [5.41, 5.74) is 2.14. The molecule has 7 heteroatoms. The molecule has 0 aliphatic heterocycles. The first-order valence-electron chi connectivity index (χ1n) is 12.7. The number of aryl methyl sites for hydroxylation is 1. The fraction of sp³-hybridized carbons (Fsp3) is 0.500. The fourth-order valence-corrected chi connectivity index (χ4v) is 4.40. The molecule has 0 spiro atoms. The Bertz CT molecular complexity index is 897. The van der Waals surface area contributed by atoms with E-state index >= 15 is 0 Å². The van der Waals surface area contributed by atoms with E-state index in [1.54, 1.807) is 6.92 Å². The highest BCUT2D eigenvalue weighted by Gasteiger charge is 2.21. The van der Waals surface area contributed by atoms with Crippen LogP contribution in [0.4, 0.5) is 4.79 Å². The summed E-state index contributed by atoms with van der Waals surface area (Å²) in [4.78, 5) is 26.1. The monoisotopic (exact) mass is 482 g/mol. The van der Waals surface area contributed by atoms with Gasteiger partial charge in [0.2, 0.25) is 0 Å². The van der Waals surface area contributed by atoms with Crippen molar-refractivity contribution in [1.82, 2.24) is 10.2 Å². The number of carboxylic acids is 1. The van der Waals surface area contributed by atoms with E-state index in [0.717, 1.165) is 31.2 Å². The summed E-state index contributed by atoms with van der Waals surface area (Å²) in [6.45, 7) is 3.70. The van der Waals surface area contributed by atoms with E-state index in [-0.39, 0.29) is 12.1 Å². The minimum absolute atomic E-state index is 0.0143. The summed E-state index contributed by atoms with van der Waals surface area (Å²) in [6.07, 6.45) is 5.73. The second-order valence-electron chi connectivity index (χ2n) is 8.99. The molecule has 0 aromatic heterocycles. The number of carboxylic acid groups (broad SMARTS) is 1. The number of nitrogens with zero attached hydrogens (tertiary/aromatic N) is 1. The summed E-state index contributed by atoms with van der Waals surface area (Å²) in [5, 5.41) is 12.5. The molecule has 1 aliphatic carbocycles. The van der Waals surface area contributed by atoms with Crippen LogP contribution in [-0.4, -0.2) is 60.5 Å². The van der Waals surface area contributed by atoms with Gasteiger partial charge in [0.05, 0.1) is 6.54 Å². The molecule has 0 bridgehead atoms. The van der Waals surface area contributed by atoms with Gasteiger partial charge < -0.3 is 24.8 Å². The van der Waals surface area contributed by atoms with Gasteiger partial charge in [-0.15, -0.1) is 0 Å². The van der Waals surface area contributed by atoms with E-state index in [1.165, 1.54) is 18.4 Å². The largest absolute Gasteiger partial charge is 0.492 e. The first-order valence-corrected chi connectivity index (χ1v) is 12.7. The SMILES string of the molecule is CCOC(Cc1ccc(OCCN(CCCc2ccccc2)C(=O)NC2CCCC2)cc1)C(=O)O. The van der Waals surface area contributed by atoms with Crippen LogP contribution in [0.25, 0.3) is 0 Å². The average molecular weight is 483 g/mol. The van der Waals surface area contributed by atoms with E-state index < -0.39 is 12.1 Å². The van der Waals surface area contributed by atoms with E-state index in [9.17, 15) is 14.7 Å². The molecule has 0 saturated heterocycles. The number of hydrogen-bond acceptors (Lipinski definition) is 4. The molecule has 1 unspecified atom stereocenters. The summed E-state index contributed by atoms with van der Waals surface area (Å²) in [6, 6.07) is 18.0. The maximum absolute atomic E-state index is 12.9. The van der Waals surface area contributed by atoms with Crippen molar-refractivity contribution in [2.45, 2.75) is 64.0 Å². The number of ether oxygens (including phenoxy) is 2. The van der Waals surface area contributed by atoms with Gasteiger partial charge in [-0.25, -0.2) is 9.59 Å². The third kappa shape index (κ3) is 9.25. The first kappa shape index (κ1) is 26.5. The highest BCUT2D eigenvalue weighted by Crippen LogP contribution is 2.18. The zero-order chi connectivity index (χ0) is 24.9. The minimum atomic E-state index is -0.963. The van der Waals surface area contributed by atoms with E-state index in [2.05, 4.69) is 17.4 Å². The lowest BCUT2D eigenvalue weighted by Crippen LogP contribution is -2.46. The van der Waals surface area contributed by atoms with Crippen LogP contribution >= 0.6 is 0 Å². The van der Waals surface area contributed by atoms with E-state index in [0.29, 0.717) is 38.5 Å². The van der Waals surface area contributed by atoms with Crippen molar-refractivity contribution in [1.29, 1.82) is 0 Å². The summed E-state index contributed by atoms with van der Waals surface area (Å²) >= 11 is 0. The number of urea groups is 1. The number of hydrogen-bond donors (Lipinski definition) is 2. The zero-order valence-electron chi connectivity index (χ0n) is 20.7. The van der Waals surface area contributed by atoms with Crippen molar-refractivity contribution in [2.24, 2.45) is 0 Å². The summed E-state index contributed by atoms with van der Waals surface area (Å²) < 4.78 is 11.2. The lowest BCUT2D eigenvalue weighted by Gasteiger charge is -2.25. The number of benzene rings is 2. The Morgan fingerprint density at radius 3 is 2.40 bits per heavy atom. The van der Waals surface area contributed by atoms with Crippen molar-refractivity contribution < 1.29 is 24.2 Å². The highest BCUT2D eigenvalue weighted by atomic mass is 16.5. The highest BCUT2D eigenvalue weighted by molar-refractivity contribution is 5.74. The molecular weight excluding hydrogens is 444 g/mol. The molecule has 1 atom stereocenters. The first-order chi connectivity index (χ1) is 17.0. The van der Waals surface area contributed by atoms with Gasteiger partial charge in [-0.05, 0) is 55.9 Å². The molecular formula is C28H38N2O5. The quantitative estimate of drug-likeness (QED) is 0.408. The van der Waals surface area contributed by atoms with Gasteiger partial charge in [0, 0.05) is 25.6 Å². The fourth-order valence-electron chi connectivity index (χ4n) is 4.40. The van der Waals surface area contributed by atoms with Crippen LogP contribution in [0, 0.1) is 0 Å². The third-order valence-electron chi connectivity index (χ3n) is 6.32. The molecule has 2 aromatic rings. The average Bonchev–Trinajstić information content (AvgIpc) is 3.37. The maximum Gasteiger partial charge on any atom is 0.333 e. The Hall–Kier alpha value is -3.06. The number of amides is 2. The van der Waals surface area contributed by atoms with Crippen LogP contribution in [0.15, 0.2) is 54.6 Å². The van der Waals surface area contributed by atoms with Crippen LogP contribution < -0.4 is 10.1 Å². The molecule has 0 radical (unpaired) electrons. The van der Waals surface area contributed by atoms with Gasteiger partial charge in [-0.2, -0.15) is 0 Å². The Labute approximate surface area is 208 Å². The molecule has 7 nitrogen and oxygen atoms in total. The van der Waals surface area contributed by atoms with Gasteiger partial charge >= 0.3 is 12.0 Å². The Morgan fingerprint density at radius 1 is 1.03 bits per heavy atom. The minimum Gasteiger partial charge on any atom is -0.492 e. The molecule has 190 valence electrons. The Morgan fingerprint density at radius 2 is 1.74 bits per heavy atom. The van der Waals surface area contributed by atoms with Gasteiger partial charge in [0.1, 0.15) is 12.4 Å². The van der Waals surface area contributed by atoms with Crippen LogP contribution in [0.3, 0.4) is 0 Å². The number of aliphatic carboxylic acids is 1.